The molecule has 0 saturated carbocycles. The van der Waals surface area contributed by atoms with Crippen LogP contribution in [0.3, 0.4) is 0 Å². The fraction of sp³-hybridized carbons (Fsp3) is 0.455. The number of benzene rings is 2. The Morgan fingerprint density at radius 3 is 2.36 bits per heavy atom. The lowest BCUT2D eigenvalue weighted by atomic mass is 10.1. The smallest absolute Gasteiger partial charge is 0.119 e. The third kappa shape index (κ3) is 7.29. The van der Waals surface area contributed by atoms with E-state index in [0.29, 0.717) is 19.1 Å². The SMILES string of the molecule is Cc1ccccc1CN(CCC(C)C)C[C@@H](O)COc1ccccc1. The summed E-state index contributed by atoms with van der Waals surface area (Å²) in [6, 6.07) is 18.1. The molecule has 0 aromatic heterocycles. The molecule has 25 heavy (non-hydrogen) atoms. The van der Waals surface area contributed by atoms with Crippen molar-refractivity contribution in [2.45, 2.75) is 39.8 Å². The minimum absolute atomic E-state index is 0.315. The van der Waals surface area contributed by atoms with Crippen LogP contribution in [0.15, 0.2) is 54.6 Å². The maximum atomic E-state index is 10.4. The van der Waals surface area contributed by atoms with Crippen molar-refractivity contribution in [2.75, 3.05) is 19.7 Å². The van der Waals surface area contributed by atoms with Gasteiger partial charge in [-0.3, -0.25) is 4.90 Å². The number of ether oxygens (including phenoxy) is 1. The standard InChI is InChI=1S/C22H31NO2/c1-18(2)13-14-23(15-20-10-8-7-9-19(20)3)16-21(24)17-25-22-11-5-4-6-12-22/h4-12,18,21,24H,13-17H2,1-3H3/t21-/m1/s1. The summed E-state index contributed by atoms with van der Waals surface area (Å²) in [5.74, 6) is 1.45. The number of nitrogens with zero attached hydrogens (tertiary/aromatic N) is 1. The van der Waals surface area contributed by atoms with E-state index in [1.165, 1.54) is 11.1 Å². The van der Waals surface area contributed by atoms with Gasteiger partial charge in [-0.25, -0.2) is 0 Å². The van der Waals surface area contributed by atoms with E-state index < -0.39 is 6.10 Å². The molecule has 2 aromatic carbocycles. The maximum absolute atomic E-state index is 10.4. The van der Waals surface area contributed by atoms with Gasteiger partial charge in [0.1, 0.15) is 18.5 Å². The summed E-state index contributed by atoms with van der Waals surface area (Å²) in [5.41, 5.74) is 2.62. The molecule has 136 valence electrons. The average molecular weight is 341 g/mol. The number of hydrogen-bond acceptors (Lipinski definition) is 3. The van der Waals surface area contributed by atoms with Crippen LogP contribution in [-0.4, -0.2) is 35.8 Å². The highest BCUT2D eigenvalue weighted by atomic mass is 16.5. The molecule has 1 atom stereocenters. The predicted molar refractivity (Wildman–Crippen MR) is 104 cm³/mol. The molecule has 0 fully saturated rings. The predicted octanol–water partition coefficient (Wildman–Crippen LogP) is 4.28. The zero-order chi connectivity index (χ0) is 18.1. The Hall–Kier alpha value is -1.84. The van der Waals surface area contributed by atoms with E-state index in [1.54, 1.807) is 0 Å². The molecule has 0 radical (unpaired) electrons. The largest absolute Gasteiger partial charge is 0.491 e. The normalized spacial score (nSPS) is 12.6. The summed E-state index contributed by atoms with van der Waals surface area (Å²) in [7, 11) is 0. The molecule has 2 aromatic rings. The van der Waals surface area contributed by atoms with Gasteiger partial charge in [0.15, 0.2) is 0 Å². The fourth-order valence-corrected chi connectivity index (χ4v) is 2.76. The number of aliphatic hydroxyl groups excluding tert-OH is 1. The highest BCUT2D eigenvalue weighted by molar-refractivity contribution is 5.25. The first-order valence-corrected chi connectivity index (χ1v) is 9.17. The van der Waals surface area contributed by atoms with Crippen molar-refractivity contribution >= 4 is 0 Å². The van der Waals surface area contributed by atoms with E-state index in [1.807, 2.05) is 30.3 Å². The van der Waals surface area contributed by atoms with Crippen LogP contribution in [-0.2, 0) is 6.54 Å². The highest BCUT2D eigenvalue weighted by Gasteiger charge is 2.14. The molecule has 0 spiro atoms. The summed E-state index contributed by atoms with van der Waals surface area (Å²) < 4.78 is 5.69. The van der Waals surface area contributed by atoms with E-state index in [-0.39, 0.29) is 0 Å². The van der Waals surface area contributed by atoms with Crippen molar-refractivity contribution in [3.05, 3.63) is 65.7 Å². The van der Waals surface area contributed by atoms with Gasteiger partial charge in [-0.2, -0.15) is 0 Å². The lowest BCUT2D eigenvalue weighted by molar-refractivity contribution is 0.0639. The van der Waals surface area contributed by atoms with Gasteiger partial charge in [0, 0.05) is 13.1 Å². The molecule has 1 N–H and O–H groups in total. The van der Waals surface area contributed by atoms with Gasteiger partial charge in [0.25, 0.3) is 0 Å². The van der Waals surface area contributed by atoms with Crippen molar-refractivity contribution < 1.29 is 9.84 Å². The van der Waals surface area contributed by atoms with Crippen LogP contribution < -0.4 is 4.74 Å². The van der Waals surface area contributed by atoms with Crippen LogP contribution >= 0.6 is 0 Å². The van der Waals surface area contributed by atoms with Crippen molar-refractivity contribution in [3.8, 4) is 5.75 Å². The molecule has 0 amide bonds. The molecular formula is C22H31NO2. The first-order valence-electron chi connectivity index (χ1n) is 9.17. The van der Waals surface area contributed by atoms with Crippen LogP contribution in [0, 0.1) is 12.8 Å². The molecule has 0 aliphatic carbocycles. The number of aliphatic hydroxyl groups is 1. The number of para-hydroxylation sites is 1. The average Bonchev–Trinajstić information content (AvgIpc) is 2.60. The second-order valence-corrected chi connectivity index (χ2v) is 7.12. The number of aryl methyl sites for hydroxylation is 1. The molecule has 0 aliphatic rings. The first kappa shape index (κ1) is 19.5. The molecular weight excluding hydrogens is 310 g/mol. The first-order chi connectivity index (χ1) is 12.0. The molecule has 0 heterocycles. The Balaban J connectivity index is 1.91. The van der Waals surface area contributed by atoms with Crippen molar-refractivity contribution in [2.24, 2.45) is 5.92 Å². The molecule has 3 nitrogen and oxygen atoms in total. The Kier molecular flexibility index (Phi) is 7.96. The topological polar surface area (TPSA) is 32.7 Å². The van der Waals surface area contributed by atoms with Crippen LogP contribution in [0.25, 0.3) is 0 Å². The van der Waals surface area contributed by atoms with Gasteiger partial charge >= 0.3 is 0 Å². The Morgan fingerprint density at radius 1 is 1.00 bits per heavy atom. The van der Waals surface area contributed by atoms with Crippen LogP contribution in [0.2, 0.25) is 0 Å². The van der Waals surface area contributed by atoms with Crippen molar-refractivity contribution in [3.63, 3.8) is 0 Å². The quantitative estimate of drug-likeness (QED) is 0.700. The Bertz CT molecular complexity index is 612. The molecule has 0 unspecified atom stereocenters. The molecule has 0 aliphatic heterocycles. The van der Waals surface area contributed by atoms with Crippen LogP contribution in [0.4, 0.5) is 0 Å². The minimum Gasteiger partial charge on any atom is -0.491 e. The zero-order valence-electron chi connectivity index (χ0n) is 15.7. The lowest BCUT2D eigenvalue weighted by Crippen LogP contribution is -2.36. The third-order valence-electron chi connectivity index (χ3n) is 4.33. The molecule has 2 rings (SSSR count). The summed E-state index contributed by atoms with van der Waals surface area (Å²) in [6.45, 7) is 9.40. The molecule has 3 heteroatoms. The molecule has 0 bridgehead atoms. The third-order valence-corrected chi connectivity index (χ3v) is 4.33. The van der Waals surface area contributed by atoms with Gasteiger partial charge < -0.3 is 9.84 Å². The van der Waals surface area contributed by atoms with Gasteiger partial charge in [-0.15, -0.1) is 0 Å². The van der Waals surface area contributed by atoms with E-state index in [0.717, 1.165) is 25.3 Å². The second kappa shape index (κ2) is 10.2. The zero-order valence-corrected chi connectivity index (χ0v) is 15.7. The van der Waals surface area contributed by atoms with Crippen LogP contribution in [0.1, 0.15) is 31.4 Å². The van der Waals surface area contributed by atoms with E-state index in [9.17, 15) is 5.11 Å². The summed E-state index contributed by atoms with van der Waals surface area (Å²) in [4.78, 5) is 2.33. The monoisotopic (exact) mass is 341 g/mol. The Morgan fingerprint density at radius 2 is 1.68 bits per heavy atom. The second-order valence-electron chi connectivity index (χ2n) is 7.12. The van der Waals surface area contributed by atoms with Gasteiger partial charge in [0.05, 0.1) is 0 Å². The Labute approximate surface area is 152 Å². The number of rotatable bonds is 10. The maximum Gasteiger partial charge on any atom is 0.119 e. The molecule has 0 saturated heterocycles. The van der Waals surface area contributed by atoms with Gasteiger partial charge in [-0.1, -0.05) is 56.3 Å². The minimum atomic E-state index is -0.503. The van der Waals surface area contributed by atoms with Crippen LogP contribution in [0.5, 0.6) is 5.75 Å². The summed E-state index contributed by atoms with van der Waals surface area (Å²) in [5, 5.41) is 10.4. The summed E-state index contributed by atoms with van der Waals surface area (Å²) >= 11 is 0. The number of hydrogen-bond donors (Lipinski definition) is 1. The van der Waals surface area contributed by atoms with E-state index in [4.69, 9.17) is 4.74 Å². The van der Waals surface area contributed by atoms with E-state index in [2.05, 4.69) is 49.9 Å². The van der Waals surface area contributed by atoms with Gasteiger partial charge in [0.2, 0.25) is 0 Å². The van der Waals surface area contributed by atoms with Gasteiger partial charge in [-0.05, 0) is 49.1 Å². The van der Waals surface area contributed by atoms with E-state index >= 15 is 0 Å². The fourth-order valence-electron chi connectivity index (χ4n) is 2.76. The van der Waals surface area contributed by atoms with Crippen molar-refractivity contribution in [1.82, 2.24) is 4.90 Å². The lowest BCUT2D eigenvalue weighted by Gasteiger charge is -2.26. The summed E-state index contributed by atoms with van der Waals surface area (Å²) in [6.07, 6.45) is 0.620. The highest BCUT2D eigenvalue weighted by Crippen LogP contribution is 2.14. The van der Waals surface area contributed by atoms with Crippen molar-refractivity contribution in [1.29, 1.82) is 0 Å².